The number of likely N-dealkylation sites (N-methyl/N-ethyl adjacent to an activating group) is 1. The molecule has 0 aromatic rings. The van der Waals surface area contributed by atoms with E-state index in [1.807, 2.05) is 21.0 Å². The highest BCUT2D eigenvalue weighted by molar-refractivity contribution is 5.87. The minimum atomic E-state index is -0.264. The Bertz CT molecular complexity index is 161. The van der Waals surface area contributed by atoms with Crippen molar-refractivity contribution < 1.29 is 9.53 Å². The van der Waals surface area contributed by atoms with Crippen LogP contribution in [-0.4, -0.2) is 31.6 Å². The van der Waals surface area contributed by atoms with Crippen LogP contribution in [0.15, 0.2) is 11.8 Å². The van der Waals surface area contributed by atoms with Crippen LogP contribution >= 0.6 is 0 Å². The molecule has 0 fully saturated rings. The zero-order valence-corrected chi connectivity index (χ0v) is 7.55. The largest absolute Gasteiger partial charge is 0.461 e. The molecule has 3 heteroatoms. The van der Waals surface area contributed by atoms with Gasteiger partial charge in [0.15, 0.2) is 0 Å². The average molecular weight is 157 g/mol. The van der Waals surface area contributed by atoms with Gasteiger partial charge in [-0.25, -0.2) is 4.79 Å². The summed E-state index contributed by atoms with van der Waals surface area (Å²) in [4.78, 5) is 12.8. The van der Waals surface area contributed by atoms with Gasteiger partial charge in [-0.05, 0) is 13.8 Å². The molecule has 0 saturated heterocycles. The SMILES string of the molecule is CC=C(C(=O)OCC)N(C)C. The average Bonchev–Trinajstić information content (AvgIpc) is 1.88. The fourth-order valence-electron chi connectivity index (χ4n) is 0.764. The van der Waals surface area contributed by atoms with Crippen LogP contribution in [0.4, 0.5) is 0 Å². The molecule has 0 atom stereocenters. The van der Waals surface area contributed by atoms with Gasteiger partial charge in [-0.2, -0.15) is 0 Å². The highest BCUT2D eigenvalue weighted by Gasteiger charge is 2.09. The van der Waals surface area contributed by atoms with Gasteiger partial charge in [-0.3, -0.25) is 0 Å². The van der Waals surface area contributed by atoms with Crippen LogP contribution in [0.3, 0.4) is 0 Å². The molecule has 64 valence electrons. The zero-order valence-electron chi connectivity index (χ0n) is 7.55. The number of ether oxygens (including phenoxy) is 1. The smallest absolute Gasteiger partial charge is 0.354 e. The van der Waals surface area contributed by atoms with Gasteiger partial charge in [0, 0.05) is 14.1 Å². The number of hydrogen-bond acceptors (Lipinski definition) is 3. The Morgan fingerprint density at radius 2 is 2.09 bits per heavy atom. The van der Waals surface area contributed by atoms with Crippen molar-refractivity contribution in [3.8, 4) is 0 Å². The first-order valence-electron chi connectivity index (χ1n) is 3.64. The summed E-state index contributed by atoms with van der Waals surface area (Å²) >= 11 is 0. The molecule has 11 heavy (non-hydrogen) atoms. The molecule has 0 amide bonds. The molecule has 0 bridgehead atoms. The third kappa shape index (κ3) is 3.07. The lowest BCUT2D eigenvalue weighted by Gasteiger charge is -2.14. The van der Waals surface area contributed by atoms with E-state index in [9.17, 15) is 4.79 Å². The first-order valence-corrected chi connectivity index (χ1v) is 3.64. The Kier molecular flexibility index (Phi) is 4.34. The van der Waals surface area contributed by atoms with Gasteiger partial charge in [0.25, 0.3) is 0 Å². The standard InChI is InChI=1S/C8H15NO2/c1-5-7(9(3)4)8(10)11-6-2/h5H,6H2,1-4H3. The summed E-state index contributed by atoms with van der Waals surface area (Å²) in [6.45, 7) is 4.02. The Morgan fingerprint density at radius 1 is 1.55 bits per heavy atom. The van der Waals surface area contributed by atoms with Crippen molar-refractivity contribution in [3.63, 3.8) is 0 Å². The Balaban J connectivity index is 4.17. The lowest BCUT2D eigenvalue weighted by Crippen LogP contribution is -2.21. The lowest BCUT2D eigenvalue weighted by atomic mass is 10.4. The lowest BCUT2D eigenvalue weighted by molar-refractivity contribution is -0.140. The second-order valence-electron chi connectivity index (χ2n) is 2.29. The molecule has 0 aliphatic carbocycles. The second kappa shape index (κ2) is 4.77. The topological polar surface area (TPSA) is 29.5 Å². The number of carbonyl (C=O) groups excluding carboxylic acids is 1. The third-order valence-corrected chi connectivity index (χ3v) is 1.24. The summed E-state index contributed by atoms with van der Waals surface area (Å²) in [6.07, 6.45) is 1.73. The first-order chi connectivity index (χ1) is 5.13. The predicted octanol–water partition coefficient (Wildman–Crippen LogP) is 1.01. The number of allylic oxidation sites excluding steroid dienone is 1. The van der Waals surface area contributed by atoms with Crippen LogP contribution in [0.25, 0.3) is 0 Å². The van der Waals surface area contributed by atoms with Crippen molar-refractivity contribution in [2.24, 2.45) is 0 Å². The maximum atomic E-state index is 11.1. The van der Waals surface area contributed by atoms with E-state index in [0.717, 1.165) is 0 Å². The summed E-state index contributed by atoms with van der Waals surface area (Å²) < 4.78 is 4.81. The molecule has 0 aliphatic rings. The highest BCUT2D eigenvalue weighted by atomic mass is 16.5. The van der Waals surface area contributed by atoms with Crippen molar-refractivity contribution in [2.75, 3.05) is 20.7 Å². The van der Waals surface area contributed by atoms with Crippen LogP contribution in [0.1, 0.15) is 13.8 Å². The second-order valence-corrected chi connectivity index (χ2v) is 2.29. The van der Waals surface area contributed by atoms with E-state index in [2.05, 4.69) is 0 Å². The summed E-state index contributed by atoms with van der Waals surface area (Å²) in [5.41, 5.74) is 0.590. The summed E-state index contributed by atoms with van der Waals surface area (Å²) in [6, 6.07) is 0. The predicted molar refractivity (Wildman–Crippen MR) is 44.1 cm³/mol. The number of esters is 1. The maximum absolute atomic E-state index is 11.1. The molecule has 0 radical (unpaired) electrons. The number of rotatable bonds is 3. The first kappa shape index (κ1) is 10.0. The van der Waals surface area contributed by atoms with Crippen LogP contribution in [0.5, 0.6) is 0 Å². The molecule has 0 heterocycles. The van der Waals surface area contributed by atoms with Crippen LogP contribution in [0.2, 0.25) is 0 Å². The van der Waals surface area contributed by atoms with E-state index < -0.39 is 0 Å². The van der Waals surface area contributed by atoms with Gasteiger partial charge in [0.05, 0.1) is 6.61 Å². The monoisotopic (exact) mass is 157 g/mol. The molecular formula is C8H15NO2. The Labute approximate surface area is 67.6 Å². The summed E-state index contributed by atoms with van der Waals surface area (Å²) in [5.74, 6) is -0.264. The van der Waals surface area contributed by atoms with Crippen LogP contribution in [0, 0.1) is 0 Å². The normalized spacial score (nSPS) is 11.1. The minimum Gasteiger partial charge on any atom is -0.461 e. The highest BCUT2D eigenvalue weighted by Crippen LogP contribution is 2.00. The fraction of sp³-hybridized carbons (Fsp3) is 0.625. The van der Waals surface area contributed by atoms with Crippen molar-refractivity contribution >= 4 is 5.97 Å². The molecule has 0 spiro atoms. The van der Waals surface area contributed by atoms with E-state index in [1.165, 1.54) is 0 Å². The van der Waals surface area contributed by atoms with Crippen molar-refractivity contribution in [2.45, 2.75) is 13.8 Å². The third-order valence-electron chi connectivity index (χ3n) is 1.24. The number of carbonyl (C=O) groups is 1. The van der Waals surface area contributed by atoms with Gasteiger partial charge in [-0.15, -0.1) is 0 Å². The van der Waals surface area contributed by atoms with E-state index in [-0.39, 0.29) is 5.97 Å². The van der Waals surface area contributed by atoms with Gasteiger partial charge in [-0.1, -0.05) is 6.08 Å². The molecule has 0 saturated carbocycles. The molecular weight excluding hydrogens is 142 g/mol. The molecule has 0 unspecified atom stereocenters. The number of hydrogen-bond donors (Lipinski definition) is 0. The van der Waals surface area contributed by atoms with Crippen LogP contribution in [-0.2, 0) is 9.53 Å². The number of nitrogens with zero attached hydrogens (tertiary/aromatic N) is 1. The van der Waals surface area contributed by atoms with Gasteiger partial charge in [0.2, 0.25) is 0 Å². The van der Waals surface area contributed by atoms with E-state index in [0.29, 0.717) is 12.3 Å². The molecule has 0 rings (SSSR count). The molecule has 0 aromatic carbocycles. The molecule has 0 N–H and O–H groups in total. The Morgan fingerprint density at radius 3 is 2.36 bits per heavy atom. The quantitative estimate of drug-likeness (QED) is 0.452. The van der Waals surface area contributed by atoms with E-state index in [1.54, 1.807) is 17.9 Å². The molecule has 0 aliphatic heterocycles. The summed E-state index contributed by atoms with van der Waals surface area (Å²) in [7, 11) is 3.62. The van der Waals surface area contributed by atoms with Gasteiger partial charge in [0.1, 0.15) is 5.70 Å². The van der Waals surface area contributed by atoms with E-state index in [4.69, 9.17) is 4.74 Å². The Hall–Kier alpha value is -0.990. The van der Waals surface area contributed by atoms with Crippen molar-refractivity contribution in [1.82, 2.24) is 4.90 Å². The summed E-state index contributed by atoms with van der Waals surface area (Å²) in [5, 5.41) is 0. The van der Waals surface area contributed by atoms with Crippen LogP contribution < -0.4 is 0 Å². The maximum Gasteiger partial charge on any atom is 0.354 e. The fourth-order valence-corrected chi connectivity index (χ4v) is 0.764. The van der Waals surface area contributed by atoms with Crippen molar-refractivity contribution in [3.05, 3.63) is 11.8 Å². The van der Waals surface area contributed by atoms with Crippen molar-refractivity contribution in [1.29, 1.82) is 0 Å². The van der Waals surface area contributed by atoms with Gasteiger partial charge < -0.3 is 9.64 Å². The zero-order chi connectivity index (χ0) is 8.85. The molecule has 0 aromatic heterocycles. The van der Waals surface area contributed by atoms with Gasteiger partial charge >= 0.3 is 5.97 Å². The van der Waals surface area contributed by atoms with E-state index >= 15 is 0 Å². The minimum absolute atomic E-state index is 0.264. The molecule has 3 nitrogen and oxygen atoms in total.